The molecule has 234 valence electrons. The van der Waals surface area contributed by atoms with E-state index in [1.54, 1.807) is 48.5 Å². The van der Waals surface area contributed by atoms with Crippen LogP contribution in [0, 0.1) is 13.8 Å². The summed E-state index contributed by atoms with van der Waals surface area (Å²) in [5, 5.41) is 0. The molecule has 1 saturated heterocycles. The Morgan fingerprint density at radius 1 is 0.690 bits per heavy atom. The van der Waals surface area contributed by atoms with Gasteiger partial charge in [0.2, 0.25) is 26.0 Å². The minimum Gasteiger partial charge on any atom is -0.343 e. The first-order valence-electron chi connectivity index (χ1n) is 15.5. The van der Waals surface area contributed by atoms with E-state index in [1.165, 1.54) is 36.4 Å². The van der Waals surface area contributed by atoms with E-state index in [2.05, 4.69) is 4.72 Å². The average Bonchev–Trinajstić information content (AvgIpc) is 2.97. The van der Waals surface area contributed by atoms with E-state index in [9.17, 15) is 21.6 Å². The molecule has 1 amide bonds. The van der Waals surface area contributed by atoms with Crippen LogP contribution < -0.4 is 4.72 Å². The van der Waals surface area contributed by atoms with Gasteiger partial charge in [-0.25, -0.2) is 21.6 Å². The fourth-order valence-electron chi connectivity index (χ4n) is 5.25. The highest BCUT2D eigenvalue weighted by Gasteiger charge is 2.25. The van der Waals surface area contributed by atoms with Gasteiger partial charge in [0, 0.05) is 39.1 Å². The molecule has 0 radical (unpaired) electrons. The summed E-state index contributed by atoms with van der Waals surface area (Å²) in [6, 6.07) is 13.4. The average molecular weight is 620 g/mol. The molecule has 8 nitrogen and oxygen atoms in total. The predicted molar refractivity (Wildman–Crippen MR) is 168 cm³/mol. The van der Waals surface area contributed by atoms with Crippen LogP contribution in [0.1, 0.15) is 88.2 Å². The molecule has 1 aliphatic heterocycles. The Morgan fingerprint density at radius 2 is 1.19 bits per heavy atom. The molecule has 1 aliphatic rings. The van der Waals surface area contributed by atoms with Gasteiger partial charge in [-0.05, 0) is 63.8 Å². The van der Waals surface area contributed by atoms with Crippen LogP contribution in [-0.2, 0) is 24.8 Å². The highest BCUT2D eigenvalue weighted by Crippen LogP contribution is 2.19. The van der Waals surface area contributed by atoms with Crippen molar-refractivity contribution in [2.24, 2.45) is 0 Å². The normalized spacial score (nSPS) is 16.5. The van der Waals surface area contributed by atoms with Crippen molar-refractivity contribution in [2.45, 2.75) is 101 Å². The van der Waals surface area contributed by atoms with Crippen molar-refractivity contribution < 1.29 is 21.6 Å². The molecule has 0 atom stereocenters. The van der Waals surface area contributed by atoms with E-state index in [4.69, 9.17) is 0 Å². The number of benzene rings is 2. The predicted octanol–water partition coefficient (Wildman–Crippen LogP) is 5.80. The van der Waals surface area contributed by atoms with E-state index < -0.39 is 20.0 Å². The molecule has 3 rings (SSSR count). The smallest absolute Gasteiger partial charge is 0.243 e. The van der Waals surface area contributed by atoms with Crippen molar-refractivity contribution in [1.82, 2.24) is 13.9 Å². The van der Waals surface area contributed by atoms with Gasteiger partial charge >= 0.3 is 0 Å². The molecule has 0 aliphatic carbocycles. The van der Waals surface area contributed by atoms with Crippen LogP contribution in [0.3, 0.4) is 0 Å². The van der Waals surface area contributed by atoms with Crippen LogP contribution in [0.5, 0.6) is 0 Å². The molecule has 2 aromatic carbocycles. The number of amides is 1. The van der Waals surface area contributed by atoms with Crippen LogP contribution in [0.15, 0.2) is 58.3 Å². The third-order valence-electron chi connectivity index (χ3n) is 7.87. The molecule has 0 saturated carbocycles. The van der Waals surface area contributed by atoms with Crippen LogP contribution >= 0.6 is 0 Å². The van der Waals surface area contributed by atoms with Crippen molar-refractivity contribution in [1.29, 1.82) is 0 Å². The van der Waals surface area contributed by atoms with Crippen LogP contribution in [0.2, 0.25) is 0 Å². The standard InChI is InChI=1S/C32H49N3O5S2/c1-28-15-19-30(20-16-28)41(37,38)33-23-12-26-35(42(39,40)31-21-17-29(2)18-22-31)27-13-25-34-24-11-9-7-5-3-4-6-8-10-14-32(34)36/h15-22,33H,3-14,23-27H2,1-2H3. The van der Waals surface area contributed by atoms with Crippen LogP contribution in [0.4, 0.5) is 0 Å². The number of nitrogens with zero attached hydrogens (tertiary/aromatic N) is 2. The Labute approximate surface area is 254 Å². The van der Waals surface area contributed by atoms with Gasteiger partial charge in [-0.1, -0.05) is 80.3 Å². The van der Waals surface area contributed by atoms with Gasteiger partial charge in [-0.3, -0.25) is 4.79 Å². The van der Waals surface area contributed by atoms with Gasteiger partial charge in [-0.2, -0.15) is 4.31 Å². The SMILES string of the molecule is Cc1ccc(S(=O)(=O)NCCCN(CCCN2CCCCCCCCCCCC2=O)S(=O)(=O)c2ccc(C)cc2)cc1. The Kier molecular flexibility index (Phi) is 14.0. The van der Waals surface area contributed by atoms with Gasteiger partial charge < -0.3 is 4.90 Å². The van der Waals surface area contributed by atoms with Crippen LogP contribution in [0.25, 0.3) is 0 Å². The molecular weight excluding hydrogens is 571 g/mol. The number of nitrogens with one attached hydrogen (secondary N) is 1. The third-order valence-corrected chi connectivity index (χ3v) is 11.3. The number of carbonyl (C=O) groups excluding carboxylic acids is 1. The third kappa shape index (κ3) is 11.1. The summed E-state index contributed by atoms with van der Waals surface area (Å²) in [6.45, 7) is 5.56. The highest BCUT2D eigenvalue weighted by molar-refractivity contribution is 7.89. The summed E-state index contributed by atoms with van der Waals surface area (Å²) >= 11 is 0. The van der Waals surface area contributed by atoms with Crippen molar-refractivity contribution in [3.05, 3.63) is 59.7 Å². The topological polar surface area (TPSA) is 104 Å². The molecule has 0 spiro atoms. The summed E-state index contributed by atoms with van der Waals surface area (Å²) in [4.78, 5) is 15.3. The second kappa shape index (κ2) is 17.1. The number of aryl methyl sites for hydroxylation is 2. The molecule has 1 heterocycles. The van der Waals surface area contributed by atoms with Gasteiger partial charge in [0.1, 0.15) is 0 Å². The van der Waals surface area contributed by atoms with E-state index in [-0.39, 0.29) is 35.3 Å². The molecular formula is C32H49N3O5S2. The fourth-order valence-corrected chi connectivity index (χ4v) is 7.84. The van der Waals surface area contributed by atoms with Crippen molar-refractivity contribution in [3.63, 3.8) is 0 Å². The van der Waals surface area contributed by atoms with Crippen LogP contribution in [-0.4, -0.2) is 64.7 Å². The van der Waals surface area contributed by atoms with Gasteiger partial charge in [0.15, 0.2) is 0 Å². The first-order valence-corrected chi connectivity index (χ1v) is 18.4. The van der Waals surface area contributed by atoms with Crippen molar-refractivity contribution in [3.8, 4) is 0 Å². The van der Waals surface area contributed by atoms with E-state index in [0.717, 1.165) is 36.8 Å². The number of hydrogen-bond donors (Lipinski definition) is 1. The largest absolute Gasteiger partial charge is 0.343 e. The molecule has 42 heavy (non-hydrogen) atoms. The zero-order valence-electron chi connectivity index (χ0n) is 25.4. The minimum absolute atomic E-state index is 0.112. The zero-order chi connectivity index (χ0) is 30.4. The first-order chi connectivity index (χ1) is 20.1. The quantitative estimate of drug-likeness (QED) is 0.303. The number of hydrogen-bond acceptors (Lipinski definition) is 5. The maximum atomic E-state index is 13.6. The summed E-state index contributed by atoms with van der Waals surface area (Å²) in [5.41, 5.74) is 1.94. The molecule has 1 N–H and O–H groups in total. The molecule has 0 unspecified atom stereocenters. The van der Waals surface area contributed by atoms with Gasteiger partial charge in [-0.15, -0.1) is 0 Å². The molecule has 0 bridgehead atoms. The lowest BCUT2D eigenvalue weighted by molar-refractivity contribution is -0.131. The second-order valence-electron chi connectivity index (χ2n) is 11.4. The van der Waals surface area contributed by atoms with E-state index in [1.807, 2.05) is 18.7 Å². The molecule has 10 heteroatoms. The highest BCUT2D eigenvalue weighted by atomic mass is 32.2. The maximum absolute atomic E-state index is 13.6. The lowest BCUT2D eigenvalue weighted by Gasteiger charge is -2.26. The van der Waals surface area contributed by atoms with E-state index >= 15 is 0 Å². The monoisotopic (exact) mass is 619 g/mol. The number of carbonyl (C=O) groups is 1. The summed E-state index contributed by atoms with van der Waals surface area (Å²) < 4.78 is 56.7. The lowest BCUT2D eigenvalue weighted by atomic mass is 10.1. The fraction of sp³-hybridized carbons (Fsp3) is 0.594. The maximum Gasteiger partial charge on any atom is 0.243 e. The Morgan fingerprint density at radius 3 is 1.79 bits per heavy atom. The lowest BCUT2D eigenvalue weighted by Crippen LogP contribution is -2.38. The molecule has 0 aromatic heterocycles. The summed E-state index contributed by atoms with van der Waals surface area (Å²) in [6.07, 6.45) is 11.6. The molecule has 1 fully saturated rings. The summed E-state index contributed by atoms with van der Waals surface area (Å²) in [5.74, 6) is 0.160. The van der Waals surface area contributed by atoms with Crippen molar-refractivity contribution in [2.75, 3.05) is 32.7 Å². The Hall–Kier alpha value is -2.27. The van der Waals surface area contributed by atoms with Gasteiger partial charge in [0.25, 0.3) is 0 Å². The Bertz CT molecular complexity index is 1310. The minimum atomic E-state index is -3.79. The number of sulfonamides is 2. The molecule has 2 aromatic rings. The van der Waals surface area contributed by atoms with Crippen molar-refractivity contribution >= 4 is 26.0 Å². The van der Waals surface area contributed by atoms with E-state index in [0.29, 0.717) is 32.4 Å². The second-order valence-corrected chi connectivity index (χ2v) is 15.2. The Balaban J connectivity index is 1.64. The zero-order valence-corrected chi connectivity index (χ0v) is 27.0. The summed E-state index contributed by atoms with van der Waals surface area (Å²) in [7, 11) is -7.48. The number of rotatable bonds is 12. The van der Waals surface area contributed by atoms with Gasteiger partial charge in [0.05, 0.1) is 9.79 Å². The first kappa shape index (κ1) is 34.2.